The highest BCUT2D eigenvalue weighted by molar-refractivity contribution is 9.10. The van der Waals surface area contributed by atoms with Crippen LogP contribution in [0.4, 0.5) is 13.2 Å². The highest BCUT2D eigenvalue weighted by atomic mass is 79.9. The van der Waals surface area contributed by atoms with Gasteiger partial charge in [0, 0.05) is 22.5 Å². The predicted molar refractivity (Wildman–Crippen MR) is 99.2 cm³/mol. The molecule has 2 aromatic rings. The van der Waals surface area contributed by atoms with Gasteiger partial charge in [0.2, 0.25) is 0 Å². The standard InChI is InChI=1S/C20H21BrF3NO/c21-18-7-2-1-6-17(18)19(13-15-5-3-4-12-25-15)26-16-10-8-14(9-11-16)20(22,23)24/h1-2,6-11,15,19,25H,3-5,12-13H2. The third-order valence-corrected chi connectivity index (χ3v) is 5.35. The number of halogens is 4. The van der Waals surface area contributed by atoms with Gasteiger partial charge < -0.3 is 10.1 Å². The van der Waals surface area contributed by atoms with Crippen molar-refractivity contribution in [2.75, 3.05) is 6.54 Å². The fourth-order valence-electron chi connectivity index (χ4n) is 3.25. The molecule has 6 heteroatoms. The van der Waals surface area contributed by atoms with E-state index in [2.05, 4.69) is 21.2 Å². The van der Waals surface area contributed by atoms with E-state index in [1.807, 2.05) is 24.3 Å². The molecule has 0 amide bonds. The Morgan fingerprint density at radius 2 is 1.81 bits per heavy atom. The number of rotatable bonds is 5. The van der Waals surface area contributed by atoms with Crippen LogP contribution in [0.3, 0.4) is 0 Å². The maximum Gasteiger partial charge on any atom is 0.416 e. The average Bonchev–Trinajstić information content (AvgIpc) is 2.62. The zero-order valence-corrected chi connectivity index (χ0v) is 15.8. The molecule has 0 bridgehead atoms. The number of nitrogens with one attached hydrogen (secondary N) is 1. The van der Waals surface area contributed by atoms with E-state index in [0.29, 0.717) is 11.8 Å². The lowest BCUT2D eigenvalue weighted by atomic mass is 9.95. The predicted octanol–water partition coefficient (Wildman–Crippen LogP) is 6.12. The topological polar surface area (TPSA) is 21.3 Å². The highest BCUT2D eigenvalue weighted by Gasteiger charge is 2.30. The lowest BCUT2D eigenvalue weighted by molar-refractivity contribution is -0.137. The molecule has 140 valence electrons. The number of hydrogen-bond acceptors (Lipinski definition) is 2. The van der Waals surface area contributed by atoms with Gasteiger partial charge in [-0.05, 0) is 49.7 Å². The van der Waals surface area contributed by atoms with E-state index in [1.54, 1.807) is 0 Å². The van der Waals surface area contributed by atoms with Crippen molar-refractivity contribution in [1.82, 2.24) is 5.32 Å². The molecule has 1 aliphatic heterocycles. The van der Waals surface area contributed by atoms with Crippen molar-refractivity contribution in [2.45, 2.75) is 44.0 Å². The molecule has 1 aliphatic rings. The second-order valence-corrected chi connectivity index (χ2v) is 7.39. The van der Waals surface area contributed by atoms with E-state index in [1.165, 1.54) is 25.0 Å². The maximum absolute atomic E-state index is 12.8. The summed E-state index contributed by atoms with van der Waals surface area (Å²) in [6, 6.07) is 13.1. The average molecular weight is 428 g/mol. The first-order chi connectivity index (χ1) is 12.4. The molecule has 0 saturated carbocycles. The van der Waals surface area contributed by atoms with Crippen LogP contribution in [0.1, 0.15) is 42.9 Å². The first-order valence-corrected chi connectivity index (χ1v) is 9.54. The minimum atomic E-state index is -4.34. The summed E-state index contributed by atoms with van der Waals surface area (Å²) in [5.41, 5.74) is 0.330. The van der Waals surface area contributed by atoms with Crippen LogP contribution in [0.15, 0.2) is 53.0 Å². The Labute approximate surface area is 159 Å². The second kappa shape index (κ2) is 8.44. The van der Waals surface area contributed by atoms with E-state index >= 15 is 0 Å². The molecule has 1 saturated heterocycles. The van der Waals surface area contributed by atoms with Gasteiger partial charge in [-0.2, -0.15) is 13.2 Å². The molecular weight excluding hydrogens is 407 g/mol. The molecule has 26 heavy (non-hydrogen) atoms. The molecule has 2 aromatic carbocycles. The number of ether oxygens (including phenoxy) is 1. The van der Waals surface area contributed by atoms with Crippen molar-refractivity contribution in [1.29, 1.82) is 0 Å². The molecule has 0 aromatic heterocycles. The van der Waals surface area contributed by atoms with Crippen LogP contribution >= 0.6 is 15.9 Å². The zero-order chi connectivity index (χ0) is 18.6. The van der Waals surface area contributed by atoms with E-state index < -0.39 is 11.7 Å². The van der Waals surface area contributed by atoms with Gasteiger partial charge in [0.05, 0.1) is 5.56 Å². The Kier molecular flexibility index (Phi) is 6.24. The highest BCUT2D eigenvalue weighted by Crippen LogP contribution is 2.34. The van der Waals surface area contributed by atoms with Crippen molar-refractivity contribution in [3.05, 3.63) is 64.1 Å². The summed E-state index contributed by atoms with van der Waals surface area (Å²) in [6.45, 7) is 0.994. The van der Waals surface area contributed by atoms with Gasteiger partial charge in [-0.1, -0.05) is 40.5 Å². The number of benzene rings is 2. The van der Waals surface area contributed by atoms with Crippen molar-refractivity contribution in [3.63, 3.8) is 0 Å². The van der Waals surface area contributed by atoms with E-state index in [-0.39, 0.29) is 6.10 Å². The van der Waals surface area contributed by atoms with E-state index in [4.69, 9.17) is 4.74 Å². The molecule has 1 N–H and O–H groups in total. The smallest absolute Gasteiger partial charge is 0.416 e. The number of piperidine rings is 1. The molecular formula is C20H21BrF3NO. The first-order valence-electron chi connectivity index (χ1n) is 8.75. The van der Waals surface area contributed by atoms with Crippen molar-refractivity contribution in [3.8, 4) is 5.75 Å². The van der Waals surface area contributed by atoms with Crippen LogP contribution in [0.2, 0.25) is 0 Å². The minimum absolute atomic E-state index is 0.238. The fraction of sp³-hybridized carbons (Fsp3) is 0.400. The first kappa shape index (κ1) is 19.2. The largest absolute Gasteiger partial charge is 0.486 e. The van der Waals surface area contributed by atoms with Gasteiger partial charge in [0.15, 0.2) is 0 Å². The van der Waals surface area contributed by atoms with Crippen molar-refractivity contribution < 1.29 is 17.9 Å². The second-order valence-electron chi connectivity index (χ2n) is 6.53. The van der Waals surface area contributed by atoms with Crippen LogP contribution in [-0.4, -0.2) is 12.6 Å². The van der Waals surface area contributed by atoms with E-state index in [0.717, 1.165) is 41.6 Å². The maximum atomic E-state index is 12.8. The Balaban J connectivity index is 1.80. The fourth-order valence-corrected chi connectivity index (χ4v) is 3.79. The van der Waals surface area contributed by atoms with Crippen LogP contribution in [0, 0.1) is 0 Å². The molecule has 0 radical (unpaired) electrons. The summed E-state index contributed by atoms with van der Waals surface area (Å²) in [7, 11) is 0. The van der Waals surface area contributed by atoms with Gasteiger partial charge in [-0.15, -0.1) is 0 Å². The summed E-state index contributed by atoms with van der Waals surface area (Å²) in [5.74, 6) is 0.439. The minimum Gasteiger partial charge on any atom is -0.486 e. The Hall–Kier alpha value is -1.53. The van der Waals surface area contributed by atoms with Gasteiger partial charge in [-0.3, -0.25) is 0 Å². The van der Waals surface area contributed by atoms with E-state index in [9.17, 15) is 13.2 Å². The Morgan fingerprint density at radius 3 is 2.42 bits per heavy atom. The molecule has 1 fully saturated rings. The lowest BCUT2D eigenvalue weighted by Crippen LogP contribution is -2.36. The van der Waals surface area contributed by atoms with Crippen LogP contribution in [0.25, 0.3) is 0 Å². The van der Waals surface area contributed by atoms with Crippen LogP contribution in [-0.2, 0) is 6.18 Å². The van der Waals surface area contributed by atoms with Crippen molar-refractivity contribution >= 4 is 15.9 Å². The lowest BCUT2D eigenvalue weighted by Gasteiger charge is -2.29. The summed E-state index contributed by atoms with van der Waals surface area (Å²) < 4.78 is 45.3. The summed E-state index contributed by atoms with van der Waals surface area (Å²) in [4.78, 5) is 0. The number of alkyl halides is 3. The van der Waals surface area contributed by atoms with Gasteiger partial charge in [-0.25, -0.2) is 0 Å². The molecule has 2 atom stereocenters. The van der Waals surface area contributed by atoms with Gasteiger partial charge >= 0.3 is 6.18 Å². The monoisotopic (exact) mass is 427 g/mol. The van der Waals surface area contributed by atoms with Crippen LogP contribution < -0.4 is 10.1 Å². The van der Waals surface area contributed by atoms with Crippen LogP contribution in [0.5, 0.6) is 5.75 Å². The number of hydrogen-bond donors (Lipinski definition) is 1. The SMILES string of the molecule is FC(F)(F)c1ccc(OC(CC2CCCCN2)c2ccccc2Br)cc1. The molecule has 2 nitrogen and oxygen atoms in total. The quantitative estimate of drug-likeness (QED) is 0.620. The molecule has 0 aliphatic carbocycles. The normalized spacial score (nSPS) is 19.2. The zero-order valence-electron chi connectivity index (χ0n) is 14.2. The Bertz CT molecular complexity index is 712. The Morgan fingerprint density at radius 1 is 1.08 bits per heavy atom. The summed E-state index contributed by atoms with van der Waals surface area (Å²) in [5, 5.41) is 3.51. The molecule has 3 rings (SSSR count). The molecule has 1 heterocycles. The summed E-state index contributed by atoms with van der Waals surface area (Å²) >= 11 is 3.56. The van der Waals surface area contributed by atoms with Gasteiger partial charge in [0.25, 0.3) is 0 Å². The third kappa shape index (κ3) is 5.01. The third-order valence-electron chi connectivity index (χ3n) is 4.62. The summed E-state index contributed by atoms with van der Waals surface area (Å²) in [6.07, 6.45) is -0.373. The molecule has 0 spiro atoms. The molecule has 2 unspecified atom stereocenters. The van der Waals surface area contributed by atoms with Gasteiger partial charge in [0.1, 0.15) is 11.9 Å². The van der Waals surface area contributed by atoms with Crippen molar-refractivity contribution in [2.24, 2.45) is 0 Å².